The van der Waals surface area contributed by atoms with Crippen LogP contribution in [0.5, 0.6) is 0 Å². The zero-order valence-electron chi connectivity index (χ0n) is 12.9. The number of aromatic nitrogens is 2. The Morgan fingerprint density at radius 3 is 2.79 bits per heavy atom. The number of aryl methyl sites for hydroxylation is 1. The molecule has 0 aliphatic carbocycles. The van der Waals surface area contributed by atoms with Gasteiger partial charge in [0.25, 0.3) is 0 Å². The van der Waals surface area contributed by atoms with Crippen molar-refractivity contribution in [3.8, 4) is 10.6 Å². The number of halogens is 1. The van der Waals surface area contributed by atoms with Crippen molar-refractivity contribution >= 4 is 50.2 Å². The molecule has 2 aromatic heterocycles. The molecule has 0 saturated heterocycles. The third kappa shape index (κ3) is 3.15. The molecule has 2 aromatic carbocycles. The first kappa shape index (κ1) is 15.6. The van der Waals surface area contributed by atoms with Crippen LogP contribution in [-0.4, -0.2) is 9.97 Å². The molecule has 1 N–H and O–H groups in total. The van der Waals surface area contributed by atoms with Crippen molar-refractivity contribution in [3.05, 3.63) is 63.6 Å². The van der Waals surface area contributed by atoms with E-state index in [1.807, 2.05) is 18.3 Å². The Hall–Kier alpha value is -1.95. The van der Waals surface area contributed by atoms with Crippen LogP contribution in [-0.2, 0) is 6.54 Å². The predicted molar refractivity (Wildman–Crippen MR) is 104 cm³/mol. The van der Waals surface area contributed by atoms with Crippen LogP contribution in [0.25, 0.3) is 20.8 Å². The van der Waals surface area contributed by atoms with E-state index in [-0.39, 0.29) is 0 Å². The van der Waals surface area contributed by atoms with Crippen LogP contribution in [0.3, 0.4) is 0 Å². The van der Waals surface area contributed by atoms with Gasteiger partial charge >= 0.3 is 0 Å². The molecule has 0 fully saturated rings. The van der Waals surface area contributed by atoms with E-state index in [1.54, 1.807) is 11.3 Å². The third-order valence-corrected chi connectivity index (χ3v) is 5.96. The summed E-state index contributed by atoms with van der Waals surface area (Å²) in [7, 11) is 0. The summed E-state index contributed by atoms with van der Waals surface area (Å²) in [5, 5.41) is 4.52. The van der Waals surface area contributed by atoms with E-state index >= 15 is 0 Å². The molecule has 2 heterocycles. The zero-order valence-corrected chi connectivity index (χ0v) is 15.3. The molecule has 0 aliphatic heterocycles. The summed E-state index contributed by atoms with van der Waals surface area (Å²) in [6.07, 6.45) is 1.81. The van der Waals surface area contributed by atoms with Gasteiger partial charge in [0.2, 0.25) is 0 Å². The lowest BCUT2D eigenvalue weighted by Crippen LogP contribution is -1.99. The fourth-order valence-electron chi connectivity index (χ4n) is 2.49. The molecule has 0 radical (unpaired) electrons. The second-order valence-electron chi connectivity index (χ2n) is 5.45. The van der Waals surface area contributed by atoms with Crippen molar-refractivity contribution in [2.75, 3.05) is 5.32 Å². The lowest BCUT2D eigenvalue weighted by Gasteiger charge is -2.10. The highest BCUT2D eigenvalue weighted by Crippen LogP contribution is 2.32. The molecule has 120 valence electrons. The van der Waals surface area contributed by atoms with Gasteiger partial charge < -0.3 is 5.32 Å². The lowest BCUT2D eigenvalue weighted by molar-refractivity contribution is 1.16. The minimum atomic E-state index is 0.576. The number of thiazole rings is 2. The van der Waals surface area contributed by atoms with Gasteiger partial charge in [-0.05, 0) is 30.7 Å². The molecular weight excluding hydrogens is 358 g/mol. The van der Waals surface area contributed by atoms with Gasteiger partial charge in [-0.2, -0.15) is 0 Å². The second-order valence-corrected chi connectivity index (χ2v) is 8.18. The van der Waals surface area contributed by atoms with Gasteiger partial charge in [0.1, 0.15) is 5.01 Å². The lowest BCUT2D eigenvalue weighted by atomic mass is 10.1. The first-order valence-electron chi connectivity index (χ1n) is 7.50. The van der Waals surface area contributed by atoms with Crippen LogP contribution in [0.2, 0.25) is 4.47 Å². The summed E-state index contributed by atoms with van der Waals surface area (Å²) >= 11 is 9.11. The number of benzene rings is 2. The molecule has 0 amide bonds. The summed E-state index contributed by atoms with van der Waals surface area (Å²) in [4.78, 5) is 9.93. The van der Waals surface area contributed by atoms with Crippen LogP contribution in [0, 0.1) is 6.92 Å². The first-order chi connectivity index (χ1) is 11.7. The summed E-state index contributed by atoms with van der Waals surface area (Å²) in [6, 6.07) is 14.6. The minimum absolute atomic E-state index is 0.576. The smallest absolute Gasteiger partial charge is 0.183 e. The molecule has 0 spiro atoms. The van der Waals surface area contributed by atoms with E-state index in [9.17, 15) is 0 Å². The molecule has 4 aromatic rings. The van der Waals surface area contributed by atoms with Crippen molar-refractivity contribution in [2.45, 2.75) is 13.5 Å². The predicted octanol–water partition coefficient (Wildman–Crippen LogP) is 5.99. The summed E-state index contributed by atoms with van der Waals surface area (Å²) in [5.74, 6) is 0. The number of rotatable bonds is 4. The Morgan fingerprint density at radius 2 is 2.00 bits per heavy atom. The van der Waals surface area contributed by atoms with Gasteiger partial charge in [-0.25, -0.2) is 9.97 Å². The van der Waals surface area contributed by atoms with Gasteiger partial charge in [-0.1, -0.05) is 35.9 Å². The molecule has 0 aliphatic rings. The van der Waals surface area contributed by atoms with E-state index in [1.165, 1.54) is 21.6 Å². The number of hydrogen-bond acceptors (Lipinski definition) is 5. The highest BCUT2D eigenvalue weighted by Gasteiger charge is 2.08. The van der Waals surface area contributed by atoms with Crippen molar-refractivity contribution in [2.24, 2.45) is 0 Å². The van der Waals surface area contributed by atoms with Crippen molar-refractivity contribution in [3.63, 3.8) is 0 Å². The SMILES string of the molecule is Cc1ccc(-c2nc3ccccc3s2)cc1NCc1cnc(Cl)s1. The molecule has 0 bridgehead atoms. The van der Waals surface area contributed by atoms with Crippen LogP contribution in [0.15, 0.2) is 48.7 Å². The minimum Gasteiger partial charge on any atom is -0.380 e. The largest absolute Gasteiger partial charge is 0.380 e. The molecular formula is C18H14ClN3S2. The van der Waals surface area contributed by atoms with Crippen LogP contribution in [0.4, 0.5) is 5.69 Å². The average molecular weight is 372 g/mol. The Bertz CT molecular complexity index is 973. The maximum absolute atomic E-state index is 5.89. The van der Waals surface area contributed by atoms with E-state index in [0.717, 1.165) is 26.7 Å². The molecule has 0 unspecified atom stereocenters. The maximum atomic E-state index is 5.89. The van der Waals surface area contributed by atoms with E-state index in [0.29, 0.717) is 11.0 Å². The van der Waals surface area contributed by atoms with Crippen LogP contribution >= 0.6 is 34.3 Å². The summed E-state index contributed by atoms with van der Waals surface area (Å²) in [6.45, 7) is 2.82. The van der Waals surface area contributed by atoms with E-state index < -0.39 is 0 Å². The Morgan fingerprint density at radius 1 is 1.12 bits per heavy atom. The van der Waals surface area contributed by atoms with Crippen molar-refractivity contribution in [1.29, 1.82) is 0 Å². The van der Waals surface area contributed by atoms with Gasteiger partial charge in [-0.15, -0.1) is 22.7 Å². The van der Waals surface area contributed by atoms with Crippen LogP contribution < -0.4 is 5.32 Å². The van der Waals surface area contributed by atoms with E-state index in [4.69, 9.17) is 16.6 Å². The quantitative estimate of drug-likeness (QED) is 0.478. The highest BCUT2D eigenvalue weighted by atomic mass is 35.5. The van der Waals surface area contributed by atoms with Gasteiger partial charge in [0.05, 0.1) is 16.8 Å². The number of nitrogens with zero attached hydrogens (tertiary/aromatic N) is 2. The molecule has 4 rings (SSSR count). The highest BCUT2D eigenvalue weighted by molar-refractivity contribution is 7.21. The topological polar surface area (TPSA) is 37.8 Å². The van der Waals surface area contributed by atoms with Crippen molar-refractivity contribution in [1.82, 2.24) is 9.97 Å². The Balaban J connectivity index is 1.62. The normalized spacial score (nSPS) is 11.1. The van der Waals surface area contributed by atoms with Crippen molar-refractivity contribution < 1.29 is 0 Å². The number of nitrogens with one attached hydrogen (secondary N) is 1. The zero-order chi connectivity index (χ0) is 16.5. The van der Waals surface area contributed by atoms with Gasteiger partial charge in [0, 0.05) is 22.3 Å². The average Bonchev–Trinajstić information content (AvgIpc) is 3.20. The Labute approximate surface area is 153 Å². The summed E-state index contributed by atoms with van der Waals surface area (Å²) < 4.78 is 1.79. The number of fused-ring (bicyclic) bond motifs is 1. The summed E-state index contributed by atoms with van der Waals surface area (Å²) in [5.41, 5.74) is 4.49. The van der Waals surface area contributed by atoms with Crippen LogP contribution in [0.1, 0.15) is 10.4 Å². The maximum Gasteiger partial charge on any atom is 0.183 e. The third-order valence-electron chi connectivity index (χ3n) is 3.76. The van der Waals surface area contributed by atoms with Gasteiger partial charge in [0.15, 0.2) is 4.47 Å². The fourth-order valence-corrected chi connectivity index (χ4v) is 4.37. The number of anilines is 1. The second kappa shape index (κ2) is 6.51. The molecule has 0 atom stereocenters. The standard InChI is InChI=1S/C18H14ClN3S2/c1-11-6-7-12(17-22-14-4-2-3-5-16(14)24-17)8-15(11)20-9-13-10-21-18(19)23-13/h2-8,10,20H,9H2,1H3. The number of hydrogen-bond donors (Lipinski definition) is 1. The number of para-hydroxylation sites is 1. The molecule has 24 heavy (non-hydrogen) atoms. The molecule has 3 nitrogen and oxygen atoms in total. The first-order valence-corrected chi connectivity index (χ1v) is 9.51. The van der Waals surface area contributed by atoms with Gasteiger partial charge in [-0.3, -0.25) is 0 Å². The Kier molecular flexibility index (Phi) is 4.22. The van der Waals surface area contributed by atoms with E-state index in [2.05, 4.69) is 47.6 Å². The molecule has 0 saturated carbocycles. The molecule has 6 heteroatoms. The monoisotopic (exact) mass is 371 g/mol. The fraction of sp³-hybridized carbons (Fsp3) is 0.111.